The topological polar surface area (TPSA) is 146 Å². The number of urea groups is 1. The number of anilines is 1. The van der Waals surface area contributed by atoms with Crippen molar-refractivity contribution in [3.05, 3.63) is 36.3 Å². The Balaban J connectivity index is 1.59. The standard InChI is InChI=1S/C28H42N6O6S/c1-19-14-34(20(2)17-35)27(36)13-21-12-23(31-28(37)30-22-8-6-5-7-9-22)10-11-24(21)40-25(19)15-33(4)41(38,39)26-16-32(3)18-29-26/h10-12,16,18-20,22,25,35H,5-9,13-15,17H2,1-4H3,(H2,30,31,37)/t19-,20-,25+/m0/s1. The Labute approximate surface area is 242 Å². The molecule has 226 valence electrons. The molecule has 1 fully saturated rings. The molecule has 0 unspecified atom stereocenters. The summed E-state index contributed by atoms with van der Waals surface area (Å²) in [4.78, 5) is 31.7. The summed E-state index contributed by atoms with van der Waals surface area (Å²) in [6.45, 7) is 3.73. The number of nitrogens with one attached hydrogen (secondary N) is 2. The number of hydrogen-bond acceptors (Lipinski definition) is 7. The number of aliphatic hydroxyl groups is 1. The number of carbonyl (C=O) groups is 2. The number of aromatic nitrogens is 2. The monoisotopic (exact) mass is 590 g/mol. The van der Waals surface area contributed by atoms with Gasteiger partial charge in [-0.05, 0) is 38.0 Å². The van der Waals surface area contributed by atoms with Gasteiger partial charge in [0.25, 0.3) is 10.0 Å². The van der Waals surface area contributed by atoms with Gasteiger partial charge >= 0.3 is 6.03 Å². The van der Waals surface area contributed by atoms with E-state index in [9.17, 15) is 23.1 Å². The van der Waals surface area contributed by atoms with Crippen LogP contribution in [-0.2, 0) is 28.3 Å². The molecule has 3 N–H and O–H groups in total. The van der Waals surface area contributed by atoms with Gasteiger partial charge in [-0.3, -0.25) is 4.79 Å². The van der Waals surface area contributed by atoms with Crippen LogP contribution in [0.5, 0.6) is 5.75 Å². The minimum Gasteiger partial charge on any atom is -0.488 e. The first-order chi connectivity index (χ1) is 19.5. The third kappa shape index (κ3) is 7.57. The third-order valence-corrected chi connectivity index (χ3v) is 9.62. The summed E-state index contributed by atoms with van der Waals surface area (Å²) < 4.78 is 35.6. The summed E-state index contributed by atoms with van der Waals surface area (Å²) in [7, 11) is -0.705. The lowest BCUT2D eigenvalue weighted by molar-refractivity contribution is -0.134. The first-order valence-corrected chi connectivity index (χ1v) is 15.6. The highest BCUT2D eigenvalue weighted by atomic mass is 32.2. The molecular formula is C28H42N6O6S. The van der Waals surface area contributed by atoms with Crippen molar-refractivity contribution in [2.24, 2.45) is 13.0 Å². The van der Waals surface area contributed by atoms with E-state index in [0.717, 1.165) is 25.7 Å². The molecule has 0 radical (unpaired) electrons. The Kier molecular flexibility index (Phi) is 9.92. The van der Waals surface area contributed by atoms with Crippen LogP contribution in [0.4, 0.5) is 10.5 Å². The lowest BCUT2D eigenvalue weighted by Crippen LogP contribution is -2.48. The molecule has 2 aromatic rings. The van der Waals surface area contributed by atoms with E-state index in [0.29, 0.717) is 17.0 Å². The normalized spacial score (nSPS) is 21.3. The molecular weight excluding hydrogens is 548 g/mol. The van der Waals surface area contributed by atoms with Gasteiger partial charge in [-0.25, -0.2) is 18.2 Å². The van der Waals surface area contributed by atoms with E-state index >= 15 is 0 Å². The van der Waals surface area contributed by atoms with E-state index in [-0.39, 0.29) is 55.0 Å². The van der Waals surface area contributed by atoms with Gasteiger partial charge in [0.2, 0.25) is 5.91 Å². The molecule has 2 heterocycles. The number of sulfonamides is 1. The van der Waals surface area contributed by atoms with Crippen LogP contribution in [-0.4, -0.2) is 89.2 Å². The number of rotatable bonds is 8. The fourth-order valence-electron chi connectivity index (χ4n) is 5.36. The number of ether oxygens (including phenoxy) is 1. The van der Waals surface area contributed by atoms with Crippen molar-refractivity contribution < 1.29 is 27.9 Å². The van der Waals surface area contributed by atoms with E-state index in [1.54, 1.807) is 41.6 Å². The number of benzene rings is 1. The van der Waals surface area contributed by atoms with Crippen LogP contribution in [0.15, 0.2) is 35.7 Å². The molecule has 1 aliphatic heterocycles. The van der Waals surface area contributed by atoms with Crippen molar-refractivity contribution in [1.29, 1.82) is 0 Å². The van der Waals surface area contributed by atoms with Gasteiger partial charge in [-0.2, -0.15) is 4.31 Å². The smallest absolute Gasteiger partial charge is 0.319 e. The minimum absolute atomic E-state index is 0.000943. The van der Waals surface area contributed by atoms with E-state index in [1.165, 1.54) is 30.3 Å². The number of fused-ring (bicyclic) bond motifs is 1. The number of aliphatic hydroxyl groups excluding tert-OH is 1. The molecule has 1 aliphatic carbocycles. The van der Waals surface area contributed by atoms with Gasteiger partial charge in [-0.15, -0.1) is 0 Å². The molecule has 4 rings (SSSR count). The second kappa shape index (κ2) is 13.2. The average molecular weight is 591 g/mol. The highest BCUT2D eigenvalue weighted by molar-refractivity contribution is 7.89. The van der Waals surface area contributed by atoms with Gasteiger partial charge in [0.05, 0.1) is 31.9 Å². The lowest BCUT2D eigenvalue weighted by Gasteiger charge is -2.33. The molecule has 0 bridgehead atoms. The van der Waals surface area contributed by atoms with Crippen LogP contribution >= 0.6 is 0 Å². The van der Waals surface area contributed by atoms with E-state index in [2.05, 4.69) is 15.6 Å². The Morgan fingerprint density at radius 1 is 1.27 bits per heavy atom. The van der Waals surface area contributed by atoms with Gasteiger partial charge in [0, 0.05) is 50.0 Å². The number of carbonyl (C=O) groups excluding carboxylic acids is 2. The molecule has 0 spiro atoms. The largest absolute Gasteiger partial charge is 0.488 e. The molecule has 0 saturated heterocycles. The van der Waals surface area contributed by atoms with Crippen molar-refractivity contribution in [2.45, 2.75) is 75.6 Å². The average Bonchev–Trinajstić information content (AvgIpc) is 3.40. The maximum Gasteiger partial charge on any atom is 0.319 e. The molecule has 2 aliphatic rings. The lowest BCUT2D eigenvalue weighted by atomic mass is 9.96. The summed E-state index contributed by atoms with van der Waals surface area (Å²) in [5.41, 5.74) is 1.09. The predicted octanol–water partition coefficient (Wildman–Crippen LogP) is 2.34. The summed E-state index contributed by atoms with van der Waals surface area (Å²) in [5, 5.41) is 15.7. The van der Waals surface area contributed by atoms with Gasteiger partial charge in [-0.1, -0.05) is 26.2 Å². The number of hydrogen-bond donors (Lipinski definition) is 3. The van der Waals surface area contributed by atoms with Crippen LogP contribution in [0.2, 0.25) is 0 Å². The third-order valence-electron chi connectivity index (χ3n) is 7.91. The highest BCUT2D eigenvalue weighted by Crippen LogP contribution is 2.30. The molecule has 12 nitrogen and oxygen atoms in total. The quantitative estimate of drug-likeness (QED) is 0.428. The fourth-order valence-corrected chi connectivity index (χ4v) is 6.50. The number of imidazole rings is 1. The SMILES string of the molecule is C[C@H]1CN([C@@H](C)CO)C(=O)Cc2cc(NC(=O)NC3CCCCC3)ccc2O[C@@H]1CN(C)S(=O)(=O)c1cn(C)cn1. The molecule has 41 heavy (non-hydrogen) atoms. The minimum atomic E-state index is -3.88. The van der Waals surface area contributed by atoms with E-state index in [4.69, 9.17) is 4.74 Å². The fraction of sp³-hybridized carbons (Fsp3) is 0.607. The van der Waals surface area contributed by atoms with Crippen LogP contribution in [0.25, 0.3) is 0 Å². The number of nitrogens with zero attached hydrogens (tertiary/aromatic N) is 4. The zero-order valence-electron chi connectivity index (χ0n) is 24.2. The maximum absolute atomic E-state index is 13.4. The van der Waals surface area contributed by atoms with Gasteiger partial charge in [0.15, 0.2) is 5.03 Å². The highest BCUT2D eigenvalue weighted by Gasteiger charge is 2.34. The Bertz CT molecular complexity index is 1330. The van der Waals surface area contributed by atoms with Crippen molar-refractivity contribution in [1.82, 2.24) is 24.1 Å². The molecule has 3 amide bonds. The second-order valence-corrected chi connectivity index (χ2v) is 13.3. The Hall–Kier alpha value is -3.16. The summed E-state index contributed by atoms with van der Waals surface area (Å²) in [5.74, 6) is -0.0305. The van der Waals surface area contributed by atoms with Crippen LogP contribution in [0, 0.1) is 5.92 Å². The van der Waals surface area contributed by atoms with Crippen LogP contribution in [0.3, 0.4) is 0 Å². The maximum atomic E-state index is 13.4. The number of likely N-dealkylation sites (N-methyl/N-ethyl adjacent to an activating group) is 1. The van der Waals surface area contributed by atoms with Crippen LogP contribution < -0.4 is 15.4 Å². The number of amides is 3. The summed E-state index contributed by atoms with van der Waals surface area (Å²) in [6.07, 6.45) is 7.56. The molecule has 1 aromatic heterocycles. The van der Waals surface area contributed by atoms with Crippen molar-refractivity contribution in [3.8, 4) is 5.75 Å². The van der Waals surface area contributed by atoms with Crippen molar-refractivity contribution >= 4 is 27.6 Å². The molecule has 3 atom stereocenters. The zero-order valence-corrected chi connectivity index (χ0v) is 25.1. The van der Waals surface area contributed by atoms with E-state index < -0.39 is 22.2 Å². The van der Waals surface area contributed by atoms with Crippen LogP contribution in [0.1, 0.15) is 51.5 Å². The zero-order chi connectivity index (χ0) is 29.7. The van der Waals surface area contributed by atoms with Crippen molar-refractivity contribution in [3.63, 3.8) is 0 Å². The first kappa shape index (κ1) is 30.8. The molecule has 1 saturated carbocycles. The van der Waals surface area contributed by atoms with E-state index in [1.807, 2.05) is 6.92 Å². The first-order valence-electron chi connectivity index (χ1n) is 14.2. The predicted molar refractivity (Wildman–Crippen MR) is 154 cm³/mol. The second-order valence-electron chi connectivity index (χ2n) is 11.3. The summed E-state index contributed by atoms with van der Waals surface area (Å²) >= 11 is 0. The molecule has 1 aromatic carbocycles. The van der Waals surface area contributed by atoms with Crippen molar-refractivity contribution in [2.75, 3.05) is 32.1 Å². The van der Waals surface area contributed by atoms with Gasteiger partial charge < -0.3 is 29.9 Å². The number of aryl methyl sites for hydroxylation is 1. The Morgan fingerprint density at radius 3 is 2.66 bits per heavy atom. The Morgan fingerprint density at radius 2 is 2.00 bits per heavy atom. The summed E-state index contributed by atoms with van der Waals surface area (Å²) in [6, 6.07) is 4.55. The molecule has 13 heteroatoms. The van der Waals surface area contributed by atoms with Gasteiger partial charge in [0.1, 0.15) is 11.9 Å².